The third-order valence-corrected chi connectivity index (χ3v) is 3.44. The molecular weight excluding hydrogens is 305 g/mol. The van der Waals surface area contributed by atoms with Crippen LogP contribution < -0.4 is 10.6 Å². The van der Waals surface area contributed by atoms with E-state index >= 15 is 0 Å². The van der Waals surface area contributed by atoms with Crippen LogP contribution in [0.25, 0.3) is 0 Å². The molecule has 0 aliphatic carbocycles. The maximum atomic E-state index is 13.3. The first-order valence-corrected chi connectivity index (χ1v) is 7.04. The second kappa shape index (κ2) is 6.73. The van der Waals surface area contributed by atoms with Crippen molar-refractivity contribution in [1.29, 1.82) is 0 Å². The molecule has 0 spiro atoms. The lowest BCUT2D eigenvalue weighted by Crippen LogP contribution is -2.46. The lowest BCUT2D eigenvalue weighted by atomic mass is 10.1. The third-order valence-electron chi connectivity index (χ3n) is 3.44. The summed E-state index contributed by atoms with van der Waals surface area (Å²) in [6.45, 7) is 3.39. The second-order valence-electron chi connectivity index (χ2n) is 5.24. The molecule has 2 N–H and O–H groups in total. The first kappa shape index (κ1) is 16.9. The molecule has 0 aromatic heterocycles. The molecule has 0 unspecified atom stereocenters. The van der Waals surface area contributed by atoms with Crippen LogP contribution in [0.4, 0.5) is 24.5 Å². The molecule has 0 aliphatic rings. The highest BCUT2D eigenvalue weighted by Crippen LogP contribution is 2.26. The molecule has 23 heavy (non-hydrogen) atoms. The number of halogens is 3. The Labute approximate surface area is 132 Å². The van der Waals surface area contributed by atoms with E-state index in [9.17, 15) is 18.0 Å². The molecule has 1 atom stereocenters. The van der Waals surface area contributed by atoms with Crippen LogP contribution in [0, 0.1) is 13.8 Å². The van der Waals surface area contributed by atoms with E-state index in [4.69, 9.17) is 0 Å². The largest absolute Gasteiger partial charge is 0.417 e. The summed E-state index contributed by atoms with van der Waals surface area (Å²) in [5.41, 5.74) is 1.95. The van der Waals surface area contributed by atoms with E-state index in [1.165, 1.54) is 6.07 Å². The number of carbonyl (C=O) groups excluding carboxylic acids is 1. The summed E-state index contributed by atoms with van der Waals surface area (Å²) in [5, 5.41) is 4.62. The minimum Gasteiger partial charge on any atom is -0.366 e. The summed E-state index contributed by atoms with van der Waals surface area (Å²) < 4.78 is 39.8. The van der Waals surface area contributed by atoms with E-state index in [-0.39, 0.29) is 5.69 Å². The van der Waals surface area contributed by atoms with E-state index in [1.54, 1.807) is 56.3 Å². The predicted molar refractivity (Wildman–Crippen MR) is 84.5 cm³/mol. The predicted octanol–water partition coefficient (Wildman–Crippen LogP) is 4.28. The molecule has 0 saturated carbocycles. The fraction of sp³-hybridized carbons (Fsp3) is 0.235. The summed E-state index contributed by atoms with van der Waals surface area (Å²) in [6.07, 6.45) is -4.71. The second-order valence-corrected chi connectivity index (χ2v) is 5.24. The summed E-state index contributed by atoms with van der Waals surface area (Å²) in [6, 6.07) is 10.9. The molecule has 0 aliphatic heterocycles. The maximum Gasteiger partial charge on any atom is 0.417 e. The summed E-state index contributed by atoms with van der Waals surface area (Å²) in [4.78, 5) is 12.1. The van der Waals surface area contributed by atoms with Gasteiger partial charge in [-0.1, -0.05) is 36.4 Å². The third kappa shape index (κ3) is 4.25. The fourth-order valence-electron chi connectivity index (χ4n) is 2.10. The van der Waals surface area contributed by atoms with Crippen molar-refractivity contribution in [3.05, 3.63) is 59.7 Å². The number of hydrogen-bond acceptors (Lipinski definition) is 2. The Balaban J connectivity index is 2.24. The molecule has 122 valence electrons. The van der Waals surface area contributed by atoms with Gasteiger partial charge in [-0.25, -0.2) is 0 Å². The monoisotopic (exact) mass is 322 g/mol. The Kier molecular flexibility index (Phi) is 4.93. The van der Waals surface area contributed by atoms with Gasteiger partial charge in [0.05, 0.1) is 0 Å². The topological polar surface area (TPSA) is 41.1 Å². The Morgan fingerprint density at radius 2 is 1.39 bits per heavy atom. The van der Waals surface area contributed by atoms with Gasteiger partial charge in [0.25, 0.3) is 5.91 Å². The molecule has 0 fully saturated rings. The minimum absolute atomic E-state index is 0.273. The van der Waals surface area contributed by atoms with Crippen molar-refractivity contribution in [2.24, 2.45) is 0 Å². The molecule has 3 nitrogen and oxygen atoms in total. The zero-order chi connectivity index (χ0) is 17.0. The molecule has 0 bridgehead atoms. The van der Waals surface area contributed by atoms with E-state index < -0.39 is 18.1 Å². The van der Waals surface area contributed by atoms with E-state index in [2.05, 4.69) is 10.6 Å². The van der Waals surface area contributed by atoms with Gasteiger partial charge >= 0.3 is 6.18 Å². The van der Waals surface area contributed by atoms with Gasteiger partial charge in [-0.05, 0) is 37.1 Å². The lowest BCUT2D eigenvalue weighted by Gasteiger charge is -2.23. The minimum atomic E-state index is -4.71. The number of rotatable bonds is 4. The molecule has 1 amide bonds. The van der Waals surface area contributed by atoms with Crippen LogP contribution in [0.15, 0.2) is 48.5 Å². The van der Waals surface area contributed by atoms with Gasteiger partial charge in [0.2, 0.25) is 6.04 Å². The van der Waals surface area contributed by atoms with Gasteiger partial charge in [0.1, 0.15) is 0 Å². The van der Waals surface area contributed by atoms with Crippen LogP contribution in [0.1, 0.15) is 11.1 Å². The lowest BCUT2D eigenvalue weighted by molar-refractivity contribution is -0.155. The Hall–Kier alpha value is -2.50. The highest BCUT2D eigenvalue weighted by atomic mass is 19.4. The summed E-state index contributed by atoms with van der Waals surface area (Å²) in [5.74, 6) is -1.14. The number of benzene rings is 2. The quantitative estimate of drug-likeness (QED) is 0.882. The Morgan fingerprint density at radius 1 is 0.913 bits per heavy atom. The number of alkyl halides is 3. The summed E-state index contributed by atoms with van der Waals surface area (Å²) in [7, 11) is 0. The van der Waals surface area contributed by atoms with Crippen molar-refractivity contribution in [1.82, 2.24) is 0 Å². The first-order chi connectivity index (χ1) is 10.8. The summed E-state index contributed by atoms with van der Waals surface area (Å²) >= 11 is 0. The normalized spacial score (nSPS) is 12.6. The van der Waals surface area contributed by atoms with E-state index in [0.29, 0.717) is 16.8 Å². The van der Waals surface area contributed by atoms with Crippen molar-refractivity contribution >= 4 is 17.3 Å². The van der Waals surface area contributed by atoms with Crippen LogP contribution in [0.5, 0.6) is 0 Å². The smallest absolute Gasteiger partial charge is 0.366 e. The van der Waals surface area contributed by atoms with Crippen LogP contribution in [0.2, 0.25) is 0 Å². The average Bonchev–Trinajstić information content (AvgIpc) is 2.47. The Morgan fingerprint density at radius 3 is 1.87 bits per heavy atom. The van der Waals surface area contributed by atoms with Crippen molar-refractivity contribution in [2.45, 2.75) is 26.1 Å². The highest BCUT2D eigenvalue weighted by Gasteiger charge is 2.45. The molecule has 2 rings (SSSR count). The van der Waals surface area contributed by atoms with Crippen LogP contribution in [0.3, 0.4) is 0 Å². The van der Waals surface area contributed by atoms with Gasteiger partial charge in [-0.2, -0.15) is 13.2 Å². The number of nitrogens with one attached hydrogen (secondary N) is 2. The van der Waals surface area contributed by atoms with Crippen molar-refractivity contribution in [3.63, 3.8) is 0 Å². The van der Waals surface area contributed by atoms with Gasteiger partial charge in [0, 0.05) is 11.4 Å². The number of anilines is 2. The van der Waals surface area contributed by atoms with Gasteiger partial charge in [-0.3, -0.25) is 4.79 Å². The molecule has 2 aromatic carbocycles. The maximum absolute atomic E-state index is 13.3. The molecule has 0 heterocycles. The van der Waals surface area contributed by atoms with Crippen molar-refractivity contribution in [3.8, 4) is 0 Å². The van der Waals surface area contributed by atoms with Gasteiger partial charge in [-0.15, -0.1) is 0 Å². The zero-order valence-electron chi connectivity index (χ0n) is 12.7. The fourth-order valence-corrected chi connectivity index (χ4v) is 2.10. The Bertz CT molecular complexity index is 698. The average molecular weight is 322 g/mol. The van der Waals surface area contributed by atoms with Crippen molar-refractivity contribution < 1.29 is 18.0 Å². The zero-order valence-corrected chi connectivity index (χ0v) is 12.7. The van der Waals surface area contributed by atoms with E-state index in [1.807, 2.05) is 0 Å². The number of aryl methyl sites for hydroxylation is 2. The number of carbonyl (C=O) groups is 1. The van der Waals surface area contributed by atoms with Crippen LogP contribution in [-0.2, 0) is 4.79 Å². The first-order valence-electron chi connectivity index (χ1n) is 7.04. The highest BCUT2D eigenvalue weighted by molar-refractivity contribution is 5.97. The number of para-hydroxylation sites is 2. The van der Waals surface area contributed by atoms with Gasteiger partial charge in [0.15, 0.2) is 0 Å². The molecule has 0 saturated heterocycles. The SMILES string of the molecule is Cc1ccccc1NC(=O)[C@@H](Nc1ccccc1C)C(F)(F)F. The molecule has 2 aromatic rings. The molecule has 6 heteroatoms. The standard InChI is InChI=1S/C17H17F3N2O/c1-11-7-3-5-9-13(11)21-15(17(18,19)20)16(23)22-14-10-6-4-8-12(14)2/h3-10,15,21H,1-2H3,(H,22,23)/t15-/m1/s1. The van der Waals surface area contributed by atoms with Gasteiger partial charge < -0.3 is 10.6 Å². The number of hydrogen-bond donors (Lipinski definition) is 2. The molecular formula is C17H17F3N2O. The van der Waals surface area contributed by atoms with Crippen LogP contribution >= 0.6 is 0 Å². The van der Waals surface area contributed by atoms with E-state index in [0.717, 1.165) is 0 Å². The van der Waals surface area contributed by atoms with Crippen LogP contribution in [-0.4, -0.2) is 18.1 Å². The van der Waals surface area contributed by atoms with Crippen molar-refractivity contribution in [2.75, 3.05) is 10.6 Å². The molecule has 0 radical (unpaired) electrons. The number of amides is 1.